The van der Waals surface area contributed by atoms with E-state index in [9.17, 15) is 14.4 Å². The highest BCUT2D eigenvalue weighted by molar-refractivity contribution is 7.98. The number of hydrogen-bond acceptors (Lipinski definition) is 5. The third-order valence-corrected chi connectivity index (χ3v) is 4.80. The molecule has 0 aliphatic rings. The van der Waals surface area contributed by atoms with Gasteiger partial charge in [-0.25, -0.2) is 4.79 Å². The maximum atomic E-state index is 12.9. The van der Waals surface area contributed by atoms with Crippen molar-refractivity contribution in [1.82, 2.24) is 9.88 Å². The lowest BCUT2D eigenvalue weighted by Gasteiger charge is -2.18. The number of fused-ring (bicyclic) bond motifs is 1. The monoisotopic (exact) mass is 376 g/mol. The Kier molecular flexibility index (Phi) is 6.85. The number of methoxy groups -OCH3 is 1. The van der Waals surface area contributed by atoms with Gasteiger partial charge in [0.25, 0.3) is 11.5 Å². The van der Waals surface area contributed by atoms with Gasteiger partial charge in [-0.15, -0.1) is 0 Å². The summed E-state index contributed by atoms with van der Waals surface area (Å²) in [5.74, 6) is -0.160. The van der Waals surface area contributed by atoms with Crippen molar-refractivity contribution >= 4 is 34.4 Å². The van der Waals surface area contributed by atoms with Crippen LogP contribution in [0.4, 0.5) is 0 Å². The van der Waals surface area contributed by atoms with Crippen molar-refractivity contribution in [3.05, 3.63) is 46.4 Å². The number of aromatic nitrogens is 1. The number of amides is 1. The van der Waals surface area contributed by atoms with Crippen LogP contribution in [0.15, 0.2) is 35.3 Å². The molecule has 0 aliphatic carbocycles. The van der Waals surface area contributed by atoms with Crippen LogP contribution >= 0.6 is 11.8 Å². The molecule has 1 N–H and O–H groups in total. The van der Waals surface area contributed by atoms with Crippen LogP contribution in [0.1, 0.15) is 36.7 Å². The summed E-state index contributed by atoms with van der Waals surface area (Å²) in [6.07, 6.45) is 3.97. The predicted molar refractivity (Wildman–Crippen MR) is 105 cm³/mol. The maximum absolute atomic E-state index is 12.9. The minimum Gasteiger partial charge on any atom is -0.467 e. The highest BCUT2D eigenvalue weighted by Crippen LogP contribution is 2.18. The average Bonchev–Trinajstić information content (AvgIpc) is 2.64. The van der Waals surface area contributed by atoms with E-state index < -0.39 is 17.9 Å². The van der Waals surface area contributed by atoms with Gasteiger partial charge in [0.2, 0.25) is 0 Å². The van der Waals surface area contributed by atoms with Crippen LogP contribution in [-0.4, -0.2) is 41.6 Å². The summed E-state index contributed by atoms with van der Waals surface area (Å²) < 4.78 is 6.33. The molecule has 26 heavy (non-hydrogen) atoms. The van der Waals surface area contributed by atoms with Crippen LogP contribution in [0, 0.1) is 0 Å². The molecule has 6 nitrogen and oxygen atoms in total. The molecule has 1 atom stereocenters. The number of ether oxygens (including phenoxy) is 1. The minimum atomic E-state index is -0.724. The fourth-order valence-electron chi connectivity index (χ4n) is 2.74. The van der Waals surface area contributed by atoms with Crippen molar-refractivity contribution in [3.63, 3.8) is 0 Å². The number of benzene rings is 1. The number of pyridine rings is 1. The number of hydrogen-bond donors (Lipinski definition) is 1. The molecule has 2 rings (SSSR count). The topological polar surface area (TPSA) is 77.4 Å². The summed E-state index contributed by atoms with van der Waals surface area (Å²) in [6.45, 7) is 3.77. The van der Waals surface area contributed by atoms with Crippen molar-refractivity contribution < 1.29 is 14.3 Å². The van der Waals surface area contributed by atoms with Gasteiger partial charge in [0.05, 0.1) is 12.7 Å². The summed E-state index contributed by atoms with van der Waals surface area (Å²) in [5, 5.41) is 3.80. The quantitative estimate of drug-likeness (QED) is 0.752. The molecule has 1 heterocycles. The predicted octanol–water partition coefficient (Wildman–Crippen LogP) is 2.61. The minimum absolute atomic E-state index is 0.0912. The summed E-state index contributed by atoms with van der Waals surface area (Å²) >= 11 is 1.59. The highest BCUT2D eigenvalue weighted by Gasteiger charge is 2.23. The zero-order chi connectivity index (χ0) is 19.3. The largest absolute Gasteiger partial charge is 0.467 e. The van der Waals surface area contributed by atoms with Gasteiger partial charge < -0.3 is 14.6 Å². The van der Waals surface area contributed by atoms with Gasteiger partial charge >= 0.3 is 5.97 Å². The zero-order valence-corrected chi connectivity index (χ0v) is 16.3. The van der Waals surface area contributed by atoms with Gasteiger partial charge in [-0.1, -0.05) is 18.2 Å². The molecular formula is C19H24N2O4S. The summed E-state index contributed by atoms with van der Waals surface area (Å²) in [5.41, 5.74) is 0.228. The molecule has 0 saturated heterocycles. The first kappa shape index (κ1) is 20.0. The van der Waals surface area contributed by atoms with Crippen LogP contribution in [0.5, 0.6) is 0 Å². The lowest BCUT2D eigenvalue weighted by molar-refractivity contribution is -0.142. The van der Waals surface area contributed by atoms with E-state index in [-0.39, 0.29) is 11.6 Å². The molecule has 7 heteroatoms. The van der Waals surface area contributed by atoms with E-state index >= 15 is 0 Å². The van der Waals surface area contributed by atoms with E-state index in [2.05, 4.69) is 5.32 Å². The molecule has 1 aromatic heterocycles. The van der Waals surface area contributed by atoms with Crippen molar-refractivity contribution in [1.29, 1.82) is 0 Å². The van der Waals surface area contributed by atoms with Gasteiger partial charge in [-0.05, 0) is 38.3 Å². The molecule has 0 unspecified atom stereocenters. The molecule has 0 spiro atoms. The Morgan fingerprint density at radius 1 is 1.23 bits per heavy atom. The fourth-order valence-corrected chi connectivity index (χ4v) is 3.21. The van der Waals surface area contributed by atoms with Crippen molar-refractivity contribution in [2.45, 2.75) is 32.4 Å². The first-order valence-electron chi connectivity index (χ1n) is 8.42. The number of thioether (sulfide) groups is 1. The number of nitrogens with one attached hydrogen (secondary N) is 1. The van der Waals surface area contributed by atoms with Crippen LogP contribution in [-0.2, 0) is 9.53 Å². The summed E-state index contributed by atoms with van der Waals surface area (Å²) in [7, 11) is 1.30. The third-order valence-electron chi connectivity index (χ3n) is 4.15. The van der Waals surface area contributed by atoms with Gasteiger partial charge in [0.15, 0.2) is 0 Å². The molecular weight excluding hydrogens is 352 g/mol. The Labute approximate surface area is 156 Å². The second kappa shape index (κ2) is 8.89. The van der Waals surface area contributed by atoms with Gasteiger partial charge in [0.1, 0.15) is 6.04 Å². The van der Waals surface area contributed by atoms with Crippen LogP contribution in [0.3, 0.4) is 0 Å². The van der Waals surface area contributed by atoms with Gasteiger partial charge in [-0.2, -0.15) is 11.8 Å². The highest BCUT2D eigenvalue weighted by atomic mass is 32.2. The summed E-state index contributed by atoms with van der Waals surface area (Å²) in [4.78, 5) is 37.5. The molecule has 140 valence electrons. The normalized spacial score (nSPS) is 12.2. The molecule has 0 radical (unpaired) electrons. The van der Waals surface area contributed by atoms with E-state index in [1.807, 2.05) is 20.1 Å². The smallest absolute Gasteiger partial charge is 0.328 e. The molecule has 1 amide bonds. The number of carbonyl (C=O) groups is 2. The van der Waals surface area contributed by atoms with E-state index in [1.165, 1.54) is 11.7 Å². The number of nitrogens with zero attached hydrogens (tertiary/aromatic N) is 1. The molecule has 0 saturated carbocycles. The molecule has 0 aliphatic heterocycles. The average molecular weight is 376 g/mol. The summed E-state index contributed by atoms with van der Waals surface area (Å²) in [6, 6.07) is 6.18. The van der Waals surface area contributed by atoms with E-state index in [0.717, 1.165) is 0 Å². The van der Waals surface area contributed by atoms with Crippen LogP contribution in [0.2, 0.25) is 0 Å². The maximum Gasteiger partial charge on any atom is 0.328 e. The SMILES string of the molecule is COC(=O)[C@H](CCSC)NC(=O)c1cn(C(C)C)c(=O)c2ccccc12. The van der Waals surface area contributed by atoms with E-state index in [1.54, 1.807) is 42.2 Å². The molecule has 0 fully saturated rings. The Morgan fingerprint density at radius 3 is 2.46 bits per heavy atom. The fraction of sp³-hybridized carbons (Fsp3) is 0.421. The number of rotatable bonds is 7. The van der Waals surface area contributed by atoms with Crippen molar-refractivity contribution in [3.8, 4) is 0 Å². The Balaban J connectivity index is 2.47. The number of carbonyl (C=O) groups excluding carboxylic acids is 2. The third kappa shape index (κ3) is 4.27. The van der Waals surface area contributed by atoms with E-state index in [4.69, 9.17) is 4.74 Å². The van der Waals surface area contributed by atoms with Crippen molar-refractivity contribution in [2.24, 2.45) is 0 Å². The lowest BCUT2D eigenvalue weighted by Crippen LogP contribution is -2.42. The zero-order valence-electron chi connectivity index (χ0n) is 15.4. The lowest BCUT2D eigenvalue weighted by atomic mass is 10.1. The second-order valence-electron chi connectivity index (χ2n) is 6.23. The second-order valence-corrected chi connectivity index (χ2v) is 7.21. The first-order valence-corrected chi connectivity index (χ1v) is 9.81. The van der Waals surface area contributed by atoms with E-state index in [0.29, 0.717) is 28.5 Å². The van der Waals surface area contributed by atoms with Gasteiger partial charge in [0, 0.05) is 23.0 Å². The number of esters is 1. The van der Waals surface area contributed by atoms with Crippen molar-refractivity contribution in [2.75, 3.05) is 19.1 Å². The van der Waals surface area contributed by atoms with Crippen LogP contribution < -0.4 is 10.9 Å². The van der Waals surface area contributed by atoms with Gasteiger partial charge in [-0.3, -0.25) is 9.59 Å². The first-order chi connectivity index (χ1) is 12.4. The Morgan fingerprint density at radius 2 is 1.88 bits per heavy atom. The molecule has 2 aromatic rings. The standard InChI is InChI=1S/C19H24N2O4S/c1-12(2)21-11-15(13-7-5-6-8-14(13)18(21)23)17(22)20-16(9-10-26-4)19(24)25-3/h5-8,11-12,16H,9-10H2,1-4H3,(H,20,22)/t16-/m0/s1. The van der Waals surface area contributed by atoms with Crippen LogP contribution in [0.25, 0.3) is 10.8 Å². The molecule has 1 aromatic carbocycles. The Hall–Kier alpha value is -2.28. The molecule has 0 bridgehead atoms. The Bertz CT molecular complexity index is 860.